The fourth-order valence-electron chi connectivity index (χ4n) is 1.90. The van der Waals surface area contributed by atoms with Crippen molar-refractivity contribution in [1.29, 1.82) is 0 Å². The van der Waals surface area contributed by atoms with Crippen molar-refractivity contribution in [2.24, 2.45) is 0 Å². The van der Waals surface area contributed by atoms with Gasteiger partial charge in [0.15, 0.2) is 0 Å². The molecule has 0 spiro atoms. The Hall–Kier alpha value is -1.85. The van der Waals surface area contributed by atoms with Crippen molar-refractivity contribution in [2.45, 2.75) is 11.8 Å². The number of hydrogen-bond donors (Lipinski definition) is 2. The van der Waals surface area contributed by atoms with E-state index in [0.29, 0.717) is 11.3 Å². The van der Waals surface area contributed by atoms with Crippen molar-refractivity contribution in [2.75, 3.05) is 5.73 Å². The maximum absolute atomic E-state index is 11.3. The first-order chi connectivity index (χ1) is 8.39. The molecule has 0 aliphatic rings. The van der Waals surface area contributed by atoms with Crippen LogP contribution in [0.5, 0.6) is 0 Å². The summed E-state index contributed by atoms with van der Waals surface area (Å²) in [4.78, 5) is -0.0992. The van der Waals surface area contributed by atoms with Crippen molar-refractivity contribution in [3.05, 3.63) is 48.0 Å². The molecule has 0 radical (unpaired) electrons. The summed E-state index contributed by atoms with van der Waals surface area (Å²) in [5.41, 5.74) is 8.33. The first-order valence-corrected chi connectivity index (χ1v) is 6.76. The summed E-state index contributed by atoms with van der Waals surface area (Å²) in [6.45, 7) is 1.84. The highest BCUT2D eigenvalue weighted by Gasteiger charge is 2.16. The zero-order valence-corrected chi connectivity index (χ0v) is 10.6. The quantitative estimate of drug-likeness (QED) is 0.644. The molecule has 0 saturated heterocycles. The van der Waals surface area contributed by atoms with E-state index >= 15 is 0 Å². The predicted octanol–water partition coefficient (Wildman–Crippen LogP) is 2.49. The molecular weight excluding hydrogens is 250 g/mol. The van der Waals surface area contributed by atoms with E-state index in [1.165, 1.54) is 6.07 Å². The normalized spacial score (nSPS) is 11.4. The highest BCUT2D eigenvalue weighted by molar-refractivity contribution is 7.86. The molecule has 0 atom stereocenters. The molecule has 0 unspecified atom stereocenters. The molecule has 18 heavy (non-hydrogen) atoms. The Morgan fingerprint density at radius 2 is 1.72 bits per heavy atom. The summed E-state index contributed by atoms with van der Waals surface area (Å²) >= 11 is 0. The molecule has 0 amide bonds. The van der Waals surface area contributed by atoms with Gasteiger partial charge in [0, 0.05) is 11.3 Å². The number of nitrogens with two attached hydrogens (primary N) is 1. The van der Waals surface area contributed by atoms with E-state index in [4.69, 9.17) is 5.73 Å². The van der Waals surface area contributed by atoms with E-state index in [1.54, 1.807) is 36.4 Å². The first kappa shape index (κ1) is 12.6. The van der Waals surface area contributed by atoms with Gasteiger partial charge in [-0.2, -0.15) is 8.42 Å². The number of nitrogen functional groups attached to an aromatic ring is 1. The molecule has 94 valence electrons. The van der Waals surface area contributed by atoms with Crippen LogP contribution < -0.4 is 5.73 Å². The zero-order chi connectivity index (χ0) is 13.3. The highest BCUT2D eigenvalue weighted by Crippen LogP contribution is 2.30. The Balaban J connectivity index is 2.72. The standard InChI is InChI=1S/C13H13NO3S/c1-9-8-10(14)6-7-11(9)12-4-2-3-5-13(12)18(15,16)17/h2-8H,14H2,1H3,(H,15,16,17). The monoisotopic (exact) mass is 263 g/mol. The molecule has 2 rings (SSSR count). The van der Waals surface area contributed by atoms with Crippen LogP contribution in [-0.4, -0.2) is 13.0 Å². The minimum Gasteiger partial charge on any atom is -0.399 e. The van der Waals surface area contributed by atoms with Gasteiger partial charge in [0.05, 0.1) is 0 Å². The Morgan fingerprint density at radius 3 is 2.33 bits per heavy atom. The van der Waals surface area contributed by atoms with Crippen molar-refractivity contribution in [3.8, 4) is 11.1 Å². The molecule has 5 heteroatoms. The van der Waals surface area contributed by atoms with Crippen molar-refractivity contribution >= 4 is 15.8 Å². The number of hydrogen-bond acceptors (Lipinski definition) is 3. The van der Waals surface area contributed by atoms with Gasteiger partial charge in [-0.15, -0.1) is 0 Å². The average Bonchev–Trinajstić information content (AvgIpc) is 2.28. The zero-order valence-electron chi connectivity index (χ0n) is 9.79. The van der Waals surface area contributed by atoms with Crippen LogP contribution in [0.3, 0.4) is 0 Å². The molecule has 3 N–H and O–H groups in total. The molecule has 4 nitrogen and oxygen atoms in total. The lowest BCUT2D eigenvalue weighted by Gasteiger charge is -2.10. The lowest BCUT2D eigenvalue weighted by atomic mass is 10.00. The second-order valence-corrected chi connectivity index (χ2v) is 5.44. The molecule has 0 fully saturated rings. The topological polar surface area (TPSA) is 80.4 Å². The number of rotatable bonds is 2. The third kappa shape index (κ3) is 2.37. The van der Waals surface area contributed by atoms with E-state index < -0.39 is 10.1 Å². The highest BCUT2D eigenvalue weighted by atomic mass is 32.2. The summed E-state index contributed by atoms with van der Waals surface area (Å²) < 4.78 is 31.9. The number of aryl methyl sites for hydroxylation is 1. The van der Waals surface area contributed by atoms with Crippen molar-refractivity contribution < 1.29 is 13.0 Å². The molecule has 0 aliphatic carbocycles. The molecule has 2 aromatic rings. The van der Waals surface area contributed by atoms with Gasteiger partial charge in [-0.1, -0.05) is 24.3 Å². The Bertz CT molecular complexity index is 693. The largest absolute Gasteiger partial charge is 0.399 e. The van der Waals surface area contributed by atoms with Gasteiger partial charge in [-0.3, -0.25) is 4.55 Å². The second kappa shape index (κ2) is 4.44. The minimum absolute atomic E-state index is 0.0992. The smallest absolute Gasteiger partial charge is 0.295 e. The molecule has 2 aromatic carbocycles. The lowest BCUT2D eigenvalue weighted by molar-refractivity contribution is 0.483. The number of anilines is 1. The van der Waals surface area contributed by atoms with E-state index in [2.05, 4.69) is 0 Å². The first-order valence-electron chi connectivity index (χ1n) is 5.32. The van der Waals surface area contributed by atoms with Gasteiger partial charge in [0.1, 0.15) is 4.90 Å². The van der Waals surface area contributed by atoms with Gasteiger partial charge >= 0.3 is 0 Å². The van der Waals surface area contributed by atoms with Gasteiger partial charge in [0.25, 0.3) is 10.1 Å². The molecule has 0 aliphatic heterocycles. The summed E-state index contributed by atoms with van der Waals surface area (Å²) in [5, 5.41) is 0. The molecule has 0 bridgehead atoms. The second-order valence-electron chi connectivity index (χ2n) is 4.05. The summed E-state index contributed by atoms with van der Waals surface area (Å²) in [6.07, 6.45) is 0. The third-order valence-corrected chi connectivity index (χ3v) is 3.62. The van der Waals surface area contributed by atoms with E-state index in [0.717, 1.165) is 11.1 Å². The predicted molar refractivity (Wildman–Crippen MR) is 70.8 cm³/mol. The molecule has 0 saturated carbocycles. The summed E-state index contributed by atoms with van der Waals surface area (Å²) in [7, 11) is -4.24. The summed E-state index contributed by atoms with van der Waals surface area (Å²) in [5.74, 6) is 0. The Morgan fingerprint density at radius 1 is 1.06 bits per heavy atom. The van der Waals surface area contributed by atoms with Crippen LogP contribution in [0, 0.1) is 6.92 Å². The van der Waals surface area contributed by atoms with Crippen LogP contribution in [0.1, 0.15) is 5.56 Å². The van der Waals surface area contributed by atoms with Gasteiger partial charge < -0.3 is 5.73 Å². The SMILES string of the molecule is Cc1cc(N)ccc1-c1ccccc1S(=O)(=O)O. The summed E-state index contributed by atoms with van der Waals surface area (Å²) in [6, 6.07) is 11.5. The minimum atomic E-state index is -4.24. The molecular formula is C13H13NO3S. The average molecular weight is 263 g/mol. The maximum Gasteiger partial charge on any atom is 0.295 e. The van der Waals surface area contributed by atoms with Crippen molar-refractivity contribution in [1.82, 2.24) is 0 Å². The van der Waals surface area contributed by atoms with Crippen LogP contribution in [0.4, 0.5) is 5.69 Å². The van der Waals surface area contributed by atoms with E-state index in [-0.39, 0.29) is 4.90 Å². The molecule has 0 heterocycles. The Kier molecular flexibility index (Phi) is 3.11. The van der Waals surface area contributed by atoms with Crippen LogP contribution in [-0.2, 0) is 10.1 Å². The fraction of sp³-hybridized carbons (Fsp3) is 0.0769. The van der Waals surface area contributed by atoms with E-state index in [9.17, 15) is 13.0 Å². The van der Waals surface area contributed by atoms with Crippen LogP contribution in [0.2, 0.25) is 0 Å². The van der Waals surface area contributed by atoms with Crippen LogP contribution >= 0.6 is 0 Å². The van der Waals surface area contributed by atoms with Crippen LogP contribution in [0.15, 0.2) is 47.4 Å². The van der Waals surface area contributed by atoms with Gasteiger partial charge in [0.2, 0.25) is 0 Å². The van der Waals surface area contributed by atoms with Gasteiger partial charge in [-0.25, -0.2) is 0 Å². The van der Waals surface area contributed by atoms with E-state index in [1.807, 2.05) is 6.92 Å². The number of benzene rings is 2. The maximum atomic E-state index is 11.3. The van der Waals surface area contributed by atoms with Crippen molar-refractivity contribution in [3.63, 3.8) is 0 Å². The lowest BCUT2D eigenvalue weighted by Crippen LogP contribution is -2.01. The third-order valence-electron chi connectivity index (χ3n) is 2.71. The fourth-order valence-corrected chi connectivity index (χ4v) is 2.61. The van der Waals surface area contributed by atoms with Gasteiger partial charge in [-0.05, 0) is 36.2 Å². The van der Waals surface area contributed by atoms with Crippen LogP contribution in [0.25, 0.3) is 11.1 Å². The molecule has 0 aromatic heterocycles. The Labute approximate surface area is 106 Å².